The van der Waals surface area contributed by atoms with Crippen molar-refractivity contribution in [2.45, 2.75) is 5.92 Å². The average molecular weight is 263 g/mol. The zero-order valence-electron chi connectivity index (χ0n) is 10.8. The molecule has 2 aromatic rings. The van der Waals surface area contributed by atoms with Crippen molar-refractivity contribution in [1.29, 1.82) is 5.26 Å². The summed E-state index contributed by atoms with van der Waals surface area (Å²) in [5, 5.41) is 15.1. The number of carbonyl (C=O) groups excluding carboxylic acids is 1. The maximum absolute atomic E-state index is 12.3. The van der Waals surface area contributed by atoms with Gasteiger partial charge in [-0.1, -0.05) is 30.3 Å². The standard InChI is InChI=1S/C16H13N3O/c17-9-11-6-7-14-15(8-11)18-10-13(16(20)19-14)12-4-2-1-3-5-12/h1-8,13,18H,10H2,(H,19,20). The van der Waals surface area contributed by atoms with Crippen molar-refractivity contribution in [3.05, 3.63) is 59.7 Å². The quantitative estimate of drug-likeness (QED) is 0.831. The number of nitrogens with zero attached hydrogens (tertiary/aromatic N) is 1. The number of benzene rings is 2. The van der Waals surface area contributed by atoms with Gasteiger partial charge in [-0.15, -0.1) is 0 Å². The number of fused-ring (bicyclic) bond motifs is 1. The van der Waals surface area contributed by atoms with Gasteiger partial charge in [0.05, 0.1) is 28.9 Å². The zero-order valence-corrected chi connectivity index (χ0v) is 10.8. The van der Waals surface area contributed by atoms with Gasteiger partial charge >= 0.3 is 0 Å². The Labute approximate surface area is 117 Å². The molecule has 0 spiro atoms. The van der Waals surface area contributed by atoms with Crippen LogP contribution in [-0.2, 0) is 4.79 Å². The van der Waals surface area contributed by atoms with Crippen molar-refractivity contribution in [2.75, 3.05) is 17.2 Å². The van der Waals surface area contributed by atoms with Gasteiger partial charge in [0.15, 0.2) is 0 Å². The summed E-state index contributed by atoms with van der Waals surface area (Å²) in [5.74, 6) is -0.277. The van der Waals surface area contributed by atoms with Crippen LogP contribution in [0.2, 0.25) is 0 Å². The largest absolute Gasteiger partial charge is 0.382 e. The normalized spacial score (nSPS) is 17.1. The molecular formula is C16H13N3O. The first-order valence-electron chi connectivity index (χ1n) is 6.42. The minimum Gasteiger partial charge on any atom is -0.382 e. The summed E-state index contributed by atoms with van der Waals surface area (Å²) in [5.41, 5.74) is 3.05. The van der Waals surface area contributed by atoms with Crippen molar-refractivity contribution in [3.63, 3.8) is 0 Å². The van der Waals surface area contributed by atoms with E-state index in [9.17, 15) is 4.79 Å². The maximum atomic E-state index is 12.3. The van der Waals surface area contributed by atoms with Gasteiger partial charge in [0, 0.05) is 6.54 Å². The Morgan fingerprint density at radius 2 is 1.90 bits per heavy atom. The van der Waals surface area contributed by atoms with Crippen LogP contribution in [0.3, 0.4) is 0 Å². The van der Waals surface area contributed by atoms with E-state index in [0.717, 1.165) is 11.3 Å². The molecule has 0 aromatic heterocycles. The Morgan fingerprint density at radius 3 is 2.65 bits per heavy atom. The number of carbonyl (C=O) groups is 1. The number of hydrogen-bond donors (Lipinski definition) is 2. The second-order valence-corrected chi connectivity index (χ2v) is 4.71. The van der Waals surface area contributed by atoms with Crippen LogP contribution in [0.5, 0.6) is 0 Å². The molecule has 0 fully saturated rings. The van der Waals surface area contributed by atoms with E-state index in [1.165, 1.54) is 0 Å². The van der Waals surface area contributed by atoms with Gasteiger partial charge in [-0.3, -0.25) is 4.79 Å². The molecule has 0 saturated heterocycles. The van der Waals surface area contributed by atoms with E-state index in [1.807, 2.05) is 30.3 Å². The molecule has 0 radical (unpaired) electrons. The lowest BCUT2D eigenvalue weighted by Gasteiger charge is -2.13. The molecule has 1 heterocycles. The average Bonchev–Trinajstić information content (AvgIpc) is 2.65. The second-order valence-electron chi connectivity index (χ2n) is 4.71. The van der Waals surface area contributed by atoms with Gasteiger partial charge in [-0.2, -0.15) is 5.26 Å². The van der Waals surface area contributed by atoms with Gasteiger partial charge in [0.25, 0.3) is 0 Å². The lowest BCUT2D eigenvalue weighted by molar-refractivity contribution is -0.117. The number of nitrogens with one attached hydrogen (secondary N) is 2. The van der Waals surface area contributed by atoms with Gasteiger partial charge < -0.3 is 10.6 Å². The highest BCUT2D eigenvalue weighted by Gasteiger charge is 2.24. The smallest absolute Gasteiger partial charge is 0.233 e. The number of anilines is 2. The van der Waals surface area contributed by atoms with Crippen LogP contribution in [0.25, 0.3) is 0 Å². The molecule has 4 nitrogen and oxygen atoms in total. The SMILES string of the molecule is N#Cc1ccc2c(c1)NCC(c1ccccc1)C(=O)N2. The van der Waals surface area contributed by atoms with Crippen molar-refractivity contribution < 1.29 is 4.79 Å². The molecule has 98 valence electrons. The first-order valence-corrected chi connectivity index (χ1v) is 6.42. The molecule has 0 aliphatic carbocycles. The minimum atomic E-state index is -0.242. The summed E-state index contributed by atoms with van der Waals surface area (Å²) in [6.07, 6.45) is 0. The summed E-state index contributed by atoms with van der Waals surface area (Å²) >= 11 is 0. The highest BCUT2D eigenvalue weighted by molar-refractivity contribution is 6.00. The van der Waals surface area contributed by atoms with E-state index in [1.54, 1.807) is 18.2 Å². The van der Waals surface area contributed by atoms with E-state index < -0.39 is 0 Å². The van der Waals surface area contributed by atoms with Crippen LogP contribution in [0.15, 0.2) is 48.5 Å². The number of rotatable bonds is 1. The molecular weight excluding hydrogens is 250 g/mol. The topological polar surface area (TPSA) is 64.9 Å². The highest BCUT2D eigenvalue weighted by atomic mass is 16.1. The van der Waals surface area contributed by atoms with Crippen molar-refractivity contribution in [2.24, 2.45) is 0 Å². The summed E-state index contributed by atoms with van der Waals surface area (Å²) in [6.45, 7) is 0.512. The molecule has 2 aromatic carbocycles. The lowest BCUT2D eigenvalue weighted by atomic mass is 9.98. The van der Waals surface area contributed by atoms with Crippen molar-refractivity contribution >= 4 is 17.3 Å². The summed E-state index contributed by atoms with van der Waals surface area (Å²) in [7, 11) is 0. The first-order chi connectivity index (χ1) is 9.78. The summed E-state index contributed by atoms with van der Waals surface area (Å²) < 4.78 is 0. The Balaban J connectivity index is 1.93. The third kappa shape index (κ3) is 2.21. The maximum Gasteiger partial charge on any atom is 0.233 e. The lowest BCUT2D eigenvalue weighted by Crippen LogP contribution is -2.23. The van der Waals surface area contributed by atoms with Gasteiger partial charge in [0.2, 0.25) is 5.91 Å². The zero-order chi connectivity index (χ0) is 13.9. The fraction of sp³-hybridized carbons (Fsp3) is 0.125. The Hall–Kier alpha value is -2.80. The number of amides is 1. The third-order valence-corrected chi connectivity index (χ3v) is 3.42. The minimum absolute atomic E-state index is 0.0350. The van der Waals surface area contributed by atoms with Crippen molar-refractivity contribution in [1.82, 2.24) is 0 Å². The van der Waals surface area contributed by atoms with Gasteiger partial charge in [0.1, 0.15) is 0 Å². The van der Waals surface area contributed by atoms with E-state index in [0.29, 0.717) is 17.8 Å². The van der Waals surface area contributed by atoms with Crippen LogP contribution < -0.4 is 10.6 Å². The van der Waals surface area contributed by atoms with Crippen molar-refractivity contribution in [3.8, 4) is 6.07 Å². The Kier molecular flexibility index (Phi) is 3.10. The molecule has 1 atom stereocenters. The molecule has 1 aliphatic rings. The highest BCUT2D eigenvalue weighted by Crippen LogP contribution is 2.29. The molecule has 1 aliphatic heterocycles. The fourth-order valence-electron chi connectivity index (χ4n) is 2.35. The predicted molar refractivity (Wildman–Crippen MR) is 77.5 cm³/mol. The molecule has 20 heavy (non-hydrogen) atoms. The Morgan fingerprint density at radius 1 is 1.10 bits per heavy atom. The van der Waals surface area contributed by atoms with Crippen LogP contribution in [-0.4, -0.2) is 12.5 Å². The molecule has 0 saturated carbocycles. The molecule has 1 unspecified atom stereocenters. The number of hydrogen-bond acceptors (Lipinski definition) is 3. The second kappa shape index (κ2) is 5.06. The molecule has 0 bridgehead atoms. The summed E-state index contributed by atoms with van der Waals surface area (Å²) in [6, 6.07) is 17.0. The first kappa shape index (κ1) is 12.2. The molecule has 4 heteroatoms. The molecule has 1 amide bonds. The van der Waals surface area contributed by atoms with Crippen LogP contribution in [0, 0.1) is 11.3 Å². The monoisotopic (exact) mass is 263 g/mol. The van der Waals surface area contributed by atoms with Crippen LogP contribution >= 0.6 is 0 Å². The van der Waals surface area contributed by atoms with E-state index >= 15 is 0 Å². The molecule has 3 rings (SSSR count). The number of nitriles is 1. The fourth-order valence-corrected chi connectivity index (χ4v) is 2.35. The Bertz CT molecular complexity index is 689. The van der Waals surface area contributed by atoms with E-state index in [-0.39, 0.29) is 11.8 Å². The van der Waals surface area contributed by atoms with E-state index in [2.05, 4.69) is 16.7 Å². The summed E-state index contributed by atoms with van der Waals surface area (Å²) in [4.78, 5) is 12.3. The van der Waals surface area contributed by atoms with E-state index in [4.69, 9.17) is 5.26 Å². The predicted octanol–water partition coefficient (Wildman–Crippen LogP) is 2.71. The van der Waals surface area contributed by atoms with Gasteiger partial charge in [-0.05, 0) is 23.8 Å². The van der Waals surface area contributed by atoms with Gasteiger partial charge in [-0.25, -0.2) is 0 Å². The van der Waals surface area contributed by atoms with Crippen LogP contribution in [0.4, 0.5) is 11.4 Å². The van der Waals surface area contributed by atoms with Crippen LogP contribution in [0.1, 0.15) is 17.0 Å². The molecule has 2 N–H and O–H groups in total. The third-order valence-electron chi connectivity index (χ3n) is 3.42.